The molecule has 1 aromatic rings. The maximum atomic E-state index is 11.0. The van der Waals surface area contributed by atoms with Crippen LogP contribution in [0.4, 0.5) is 11.4 Å². The van der Waals surface area contributed by atoms with Crippen LogP contribution in [0.5, 0.6) is 0 Å². The minimum absolute atomic E-state index is 0.0121. The molecule has 12 heavy (non-hydrogen) atoms. The molecule has 4 heteroatoms. The van der Waals surface area contributed by atoms with Gasteiger partial charge in [0, 0.05) is 0 Å². The summed E-state index contributed by atoms with van der Waals surface area (Å²) < 4.78 is 1.07. The van der Waals surface area contributed by atoms with Crippen molar-refractivity contribution in [1.29, 1.82) is 0 Å². The third kappa shape index (κ3) is 1.31. The van der Waals surface area contributed by atoms with Gasteiger partial charge in [0.2, 0.25) is 5.91 Å². The Hall–Kier alpha value is -0.978. The molecule has 0 fully saturated rings. The van der Waals surface area contributed by atoms with E-state index in [0.717, 1.165) is 15.8 Å². The van der Waals surface area contributed by atoms with Crippen LogP contribution in [0.3, 0.4) is 0 Å². The van der Waals surface area contributed by atoms with E-state index in [4.69, 9.17) is 0 Å². The summed E-state index contributed by atoms with van der Waals surface area (Å²) in [7, 11) is 0. The van der Waals surface area contributed by atoms with Gasteiger partial charge in [0.1, 0.15) is 0 Å². The molecule has 1 aromatic carbocycles. The van der Waals surface area contributed by atoms with Crippen molar-refractivity contribution in [2.24, 2.45) is 0 Å². The highest BCUT2D eigenvalue weighted by Gasteiger charge is 2.12. The molecule has 0 aliphatic carbocycles. The van der Waals surface area contributed by atoms with Crippen LogP contribution in [0.25, 0.3) is 0 Å². The van der Waals surface area contributed by atoms with E-state index in [1.165, 1.54) is 0 Å². The average Bonchev–Trinajstić information content (AvgIpc) is 2.03. The van der Waals surface area contributed by atoms with Gasteiger partial charge in [0.15, 0.2) is 16.3 Å². The highest BCUT2D eigenvalue weighted by molar-refractivity contribution is 6.33. The van der Waals surface area contributed by atoms with Crippen molar-refractivity contribution in [3.63, 3.8) is 0 Å². The molecule has 1 aliphatic heterocycles. The van der Waals surface area contributed by atoms with Gasteiger partial charge in [-0.1, -0.05) is 12.1 Å². The van der Waals surface area contributed by atoms with E-state index in [-0.39, 0.29) is 5.91 Å². The number of hydrogen-bond donors (Lipinski definition) is 2. The van der Waals surface area contributed by atoms with Crippen LogP contribution in [0.15, 0.2) is 18.2 Å². The zero-order chi connectivity index (χ0) is 8.55. The Balaban J connectivity index is 2.44. The number of benzene rings is 1. The molecule has 0 spiro atoms. The number of nitrogens with one attached hydrogen (secondary N) is 2. The first-order chi connectivity index (χ1) is 5.75. The molecule has 1 aliphatic rings. The van der Waals surface area contributed by atoms with E-state index >= 15 is 0 Å². The quantitative estimate of drug-likeness (QED) is 0.537. The van der Waals surface area contributed by atoms with Crippen LogP contribution in [0, 0.1) is 0 Å². The predicted molar refractivity (Wildman–Crippen MR) is 48.9 cm³/mol. The summed E-state index contributed by atoms with van der Waals surface area (Å²) in [5, 5.41) is 5.80. The molecule has 3 nitrogen and oxygen atoms in total. The Morgan fingerprint density at radius 1 is 1.33 bits per heavy atom. The van der Waals surface area contributed by atoms with Crippen molar-refractivity contribution >= 4 is 38.0 Å². The minimum atomic E-state index is 0.0121. The maximum absolute atomic E-state index is 11.0. The van der Waals surface area contributed by atoms with E-state index in [1.54, 1.807) is 0 Å². The molecule has 0 saturated carbocycles. The predicted octanol–water partition coefficient (Wildman–Crippen LogP) is -0.156. The van der Waals surface area contributed by atoms with Crippen LogP contribution in [0.2, 0.25) is 0 Å². The lowest BCUT2D eigenvalue weighted by molar-refractivity contribution is -0.114. The molecule has 2 radical (unpaired) electrons. The SMILES string of the molecule is O=C1CNc2cc[c]([Al])cc2N1. The number of amides is 1. The zero-order valence-electron chi connectivity index (χ0n) is 6.42. The number of rotatable bonds is 0. The number of carbonyl (C=O) groups excluding carboxylic acids is 1. The summed E-state index contributed by atoms with van der Waals surface area (Å²) in [5.74, 6) is 0.0121. The Bertz CT molecular complexity index is 338. The summed E-state index contributed by atoms with van der Waals surface area (Å²) in [6.07, 6.45) is 0. The Labute approximate surface area is 78.6 Å². The third-order valence-corrected chi connectivity index (χ3v) is 2.12. The van der Waals surface area contributed by atoms with Crippen LogP contribution < -0.4 is 15.1 Å². The molecule has 0 saturated heterocycles. The van der Waals surface area contributed by atoms with E-state index in [0.29, 0.717) is 6.54 Å². The molecular formula is C8H7AlN2O. The van der Waals surface area contributed by atoms with Gasteiger partial charge in [-0.15, -0.1) is 4.43 Å². The summed E-state index contributed by atoms with van der Waals surface area (Å²) >= 11 is 2.59. The number of fused-ring (bicyclic) bond motifs is 1. The molecule has 0 unspecified atom stereocenters. The minimum Gasteiger partial charge on any atom is -0.374 e. The molecule has 0 atom stereocenters. The van der Waals surface area contributed by atoms with Gasteiger partial charge >= 0.3 is 0 Å². The van der Waals surface area contributed by atoms with Crippen molar-refractivity contribution in [3.8, 4) is 0 Å². The fraction of sp³-hybridized carbons (Fsp3) is 0.125. The molecule has 1 heterocycles. The number of anilines is 2. The lowest BCUT2D eigenvalue weighted by atomic mass is 10.2. The van der Waals surface area contributed by atoms with Gasteiger partial charge in [-0.2, -0.15) is 0 Å². The van der Waals surface area contributed by atoms with E-state index in [2.05, 4.69) is 26.9 Å². The zero-order valence-corrected chi connectivity index (χ0v) is 7.58. The molecular weight excluding hydrogens is 167 g/mol. The monoisotopic (exact) mass is 174 g/mol. The van der Waals surface area contributed by atoms with E-state index in [1.807, 2.05) is 18.2 Å². The summed E-state index contributed by atoms with van der Waals surface area (Å²) in [6.45, 7) is 0.364. The van der Waals surface area contributed by atoms with Crippen molar-refractivity contribution in [1.82, 2.24) is 0 Å². The van der Waals surface area contributed by atoms with Gasteiger partial charge in [-0.3, -0.25) is 4.79 Å². The molecule has 2 N–H and O–H groups in total. The number of carbonyl (C=O) groups is 1. The van der Waals surface area contributed by atoms with Crippen molar-refractivity contribution in [2.45, 2.75) is 0 Å². The molecule has 0 bridgehead atoms. The van der Waals surface area contributed by atoms with Crippen molar-refractivity contribution in [2.75, 3.05) is 17.2 Å². The smallest absolute Gasteiger partial charge is 0.243 e. The number of hydrogen-bond acceptors (Lipinski definition) is 2. The second-order valence-electron chi connectivity index (χ2n) is 2.71. The molecule has 58 valence electrons. The first-order valence-corrected chi connectivity index (χ1v) is 4.27. The van der Waals surface area contributed by atoms with Crippen molar-refractivity contribution in [3.05, 3.63) is 18.2 Å². The second kappa shape index (κ2) is 2.82. The highest BCUT2D eigenvalue weighted by Crippen LogP contribution is 2.21. The topological polar surface area (TPSA) is 41.1 Å². The first kappa shape index (κ1) is 7.66. The largest absolute Gasteiger partial charge is 0.374 e. The molecule has 0 aromatic heterocycles. The van der Waals surface area contributed by atoms with Gasteiger partial charge < -0.3 is 10.6 Å². The van der Waals surface area contributed by atoms with Gasteiger partial charge in [-0.25, -0.2) is 0 Å². The summed E-state index contributed by atoms with van der Waals surface area (Å²) in [6, 6.07) is 5.86. The normalized spacial score (nSPS) is 14.5. The Morgan fingerprint density at radius 2 is 2.17 bits per heavy atom. The Kier molecular flexibility index (Phi) is 1.80. The summed E-state index contributed by atoms with van der Waals surface area (Å²) in [4.78, 5) is 11.0. The van der Waals surface area contributed by atoms with E-state index in [9.17, 15) is 4.79 Å². The van der Waals surface area contributed by atoms with E-state index < -0.39 is 0 Å². The standard InChI is InChI=1S/C8H7N2O.Al/c11-8-5-9-6-3-1-2-4-7(6)10-8;/h1,3-4,9H,5H2,(H,10,11);. The fourth-order valence-electron chi connectivity index (χ4n) is 1.19. The van der Waals surface area contributed by atoms with Crippen LogP contribution in [-0.2, 0) is 4.79 Å². The third-order valence-electron chi connectivity index (χ3n) is 1.76. The average molecular weight is 174 g/mol. The van der Waals surface area contributed by atoms with Gasteiger partial charge in [0.25, 0.3) is 0 Å². The van der Waals surface area contributed by atoms with Gasteiger partial charge in [-0.05, 0) is 6.07 Å². The van der Waals surface area contributed by atoms with Crippen LogP contribution in [0.1, 0.15) is 0 Å². The second-order valence-corrected chi connectivity index (χ2v) is 3.37. The summed E-state index contributed by atoms with van der Waals surface area (Å²) in [5.41, 5.74) is 1.85. The van der Waals surface area contributed by atoms with Crippen LogP contribution in [-0.4, -0.2) is 28.7 Å². The molecule has 2 rings (SSSR count). The first-order valence-electron chi connectivity index (χ1n) is 3.69. The lowest BCUT2D eigenvalue weighted by Crippen LogP contribution is -2.28. The van der Waals surface area contributed by atoms with Crippen LogP contribution >= 0.6 is 0 Å². The Morgan fingerprint density at radius 3 is 3.00 bits per heavy atom. The van der Waals surface area contributed by atoms with Gasteiger partial charge in [0.05, 0.1) is 17.9 Å². The highest BCUT2D eigenvalue weighted by atomic mass is 27.0. The fourth-order valence-corrected chi connectivity index (χ4v) is 1.45. The maximum Gasteiger partial charge on any atom is 0.243 e. The van der Waals surface area contributed by atoms with Crippen molar-refractivity contribution < 1.29 is 4.79 Å². The lowest BCUT2D eigenvalue weighted by Gasteiger charge is -2.18. The molecule has 1 amide bonds.